The number of carboxylic acid groups (broad SMARTS) is 1. The number of nitrogens with two attached hydrogens (primary N) is 3. The molecule has 5 heteroatoms. The molecule has 0 bridgehead atoms. The first kappa shape index (κ1) is 12.1. The van der Waals surface area contributed by atoms with E-state index in [0.29, 0.717) is 19.5 Å². The van der Waals surface area contributed by atoms with Gasteiger partial charge in [0, 0.05) is 12.6 Å². The molecule has 0 aromatic carbocycles. The fourth-order valence-electron chi connectivity index (χ4n) is 1.08. The molecule has 0 aromatic rings. The lowest BCUT2D eigenvalue weighted by Crippen LogP contribution is -2.27. The highest BCUT2D eigenvalue weighted by atomic mass is 16.4. The third-order valence-corrected chi connectivity index (χ3v) is 1.68. The molecule has 0 amide bonds. The fraction of sp³-hybridized carbons (Fsp3) is 0.625. The van der Waals surface area contributed by atoms with Gasteiger partial charge < -0.3 is 22.3 Å². The Labute approximate surface area is 77.6 Å². The predicted octanol–water partition coefficient (Wildman–Crippen LogP) is -0.978. The average molecular weight is 187 g/mol. The average Bonchev–Trinajstić information content (AvgIpc) is 2.02. The summed E-state index contributed by atoms with van der Waals surface area (Å²) in [5, 5.41) is 8.50. The van der Waals surface area contributed by atoms with Gasteiger partial charge in [-0.1, -0.05) is 11.6 Å². The number of hydrogen-bond donors (Lipinski definition) is 4. The standard InChI is InChI=1S/C8H17N3O2/c9-3-1-6(2-4-10)7(11)5-8(12)13/h1,7H,2-5,9-11H2,(H,12,13). The highest BCUT2D eigenvalue weighted by Crippen LogP contribution is 2.07. The predicted molar refractivity (Wildman–Crippen MR) is 51.0 cm³/mol. The van der Waals surface area contributed by atoms with Crippen LogP contribution in [0.1, 0.15) is 12.8 Å². The monoisotopic (exact) mass is 187 g/mol. The summed E-state index contributed by atoms with van der Waals surface area (Å²) in [6, 6.07) is -0.468. The van der Waals surface area contributed by atoms with E-state index in [1.54, 1.807) is 6.08 Å². The summed E-state index contributed by atoms with van der Waals surface area (Å²) >= 11 is 0. The van der Waals surface area contributed by atoms with Gasteiger partial charge in [-0.25, -0.2) is 0 Å². The molecular weight excluding hydrogens is 170 g/mol. The molecule has 0 saturated heterocycles. The van der Waals surface area contributed by atoms with Gasteiger partial charge >= 0.3 is 5.97 Å². The van der Waals surface area contributed by atoms with Crippen LogP contribution >= 0.6 is 0 Å². The van der Waals surface area contributed by atoms with Gasteiger partial charge in [0.1, 0.15) is 0 Å². The smallest absolute Gasteiger partial charge is 0.305 e. The third kappa shape index (κ3) is 5.35. The molecule has 0 aromatic heterocycles. The molecule has 0 rings (SSSR count). The minimum Gasteiger partial charge on any atom is -0.481 e. The second-order valence-corrected chi connectivity index (χ2v) is 2.76. The Morgan fingerprint density at radius 3 is 2.46 bits per heavy atom. The first-order chi connectivity index (χ1) is 6.11. The first-order valence-electron chi connectivity index (χ1n) is 4.18. The molecule has 0 spiro atoms. The van der Waals surface area contributed by atoms with Crippen molar-refractivity contribution < 1.29 is 9.90 Å². The minimum atomic E-state index is -0.910. The zero-order valence-corrected chi connectivity index (χ0v) is 7.57. The largest absolute Gasteiger partial charge is 0.481 e. The third-order valence-electron chi connectivity index (χ3n) is 1.68. The highest BCUT2D eigenvalue weighted by molar-refractivity contribution is 5.68. The number of rotatable bonds is 6. The number of hydrogen-bond acceptors (Lipinski definition) is 4. The van der Waals surface area contributed by atoms with E-state index in [1.165, 1.54) is 0 Å². The fourth-order valence-corrected chi connectivity index (χ4v) is 1.08. The molecule has 13 heavy (non-hydrogen) atoms. The zero-order chi connectivity index (χ0) is 10.3. The number of carboxylic acids is 1. The molecule has 76 valence electrons. The molecule has 0 aliphatic rings. The van der Waals surface area contributed by atoms with Crippen LogP contribution < -0.4 is 17.2 Å². The zero-order valence-electron chi connectivity index (χ0n) is 7.57. The lowest BCUT2D eigenvalue weighted by atomic mass is 10.0. The normalized spacial score (nSPS) is 14.2. The second-order valence-electron chi connectivity index (χ2n) is 2.76. The van der Waals surface area contributed by atoms with E-state index in [2.05, 4.69) is 0 Å². The van der Waals surface area contributed by atoms with Crippen molar-refractivity contribution in [2.75, 3.05) is 13.1 Å². The molecule has 0 radical (unpaired) electrons. The van der Waals surface area contributed by atoms with Crippen molar-refractivity contribution in [3.8, 4) is 0 Å². The van der Waals surface area contributed by atoms with E-state index < -0.39 is 12.0 Å². The Morgan fingerprint density at radius 2 is 2.08 bits per heavy atom. The Balaban J connectivity index is 4.19. The van der Waals surface area contributed by atoms with Gasteiger partial charge in [0.2, 0.25) is 0 Å². The van der Waals surface area contributed by atoms with E-state index in [0.717, 1.165) is 5.57 Å². The van der Waals surface area contributed by atoms with Gasteiger partial charge in [0.25, 0.3) is 0 Å². The van der Waals surface area contributed by atoms with Gasteiger partial charge in [-0.15, -0.1) is 0 Å². The Morgan fingerprint density at radius 1 is 1.46 bits per heavy atom. The summed E-state index contributed by atoms with van der Waals surface area (Å²) in [4.78, 5) is 10.4. The van der Waals surface area contributed by atoms with Gasteiger partial charge in [0.05, 0.1) is 6.42 Å². The lowest BCUT2D eigenvalue weighted by Gasteiger charge is -2.13. The number of aliphatic carboxylic acids is 1. The first-order valence-corrected chi connectivity index (χ1v) is 4.18. The van der Waals surface area contributed by atoms with Crippen LogP contribution in [0.5, 0.6) is 0 Å². The molecule has 7 N–H and O–H groups in total. The maximum Gasteiger partial charge on any atom is 0.305 e. The van der Waals surface area contributed by atoms with E-state index in [9.17, 15) is 4.79 Å². The second kappa shape index (κ2) is 6.59. The van der Waals surface area contributed by atoms with Crippen LogP contribution in [0.25, 0.3) is 0 Å². The van der Waals surface area contributed by atoms with E-state index in [4.69, 9.17) is 22.3 Å². The maximum atomic E-state index is 10.4. The lowest BCUT2D eigenvalue weighted by molar-refractivity contribution is -0.137. The van der Waals surface area contributed by atoms with Crippen molar-refractivity contribution in [2.24, 2.45) is 17.2 Å². The maximum absolute atomic E-state index is 10.4. The van der Waals surface area contributed by atoms with Crippen LogP contribution in [0.3, 0.4) is 0 Å². The molecule has 0 saturated carbocycles. The van der Waals surface area contributed by atoms with E-state index in [-0.39, 0.29) is 6.42 Å². The van der Waals surface area contributed by atoms with Crippen LogP contribution in [0.15, 0.2) is 11.6 Å². The van der Waals surface area contributed by atoms with Crippen molar-refractivity contribution in [1.82, 2.24) is 0 Å². The van der Waals surface area contributed by atoms with E-state index >= 15 is 0 Å². The summed E-state index contributed by atoms with van der Waals surface area (Å²) in [5.74, 6) is -0.910. The van der Waals surface area contributed by atoms with Gasteiger partial charge in [-0.05, 0) is 13.0 Å². The molecule has 1 unspecified atom stereocenters. The van der Waals surface area contributed by atoms with Crippen LogP contribution in [0, 0.1) is 0 Å². The summed E-state index contributed by atoms with van der Waals surface area (Å²) in [5.41, 5.74) is 17.1. The van der Waals surface area contributed by atoms with Gasteiger partial charge in [-0.3, -0.25) is 4.79 Å². The summed E-state index contributed by atoms with van der Waals surface area (Å²) in [6.07, 6.45) is 2.26. The van der Waals surface area contributed by atoms with Crippen molar-refractivity contribution in [3.05, 3.63) is 11.6 Å². The van der Waals surface area contributed by atoms with Crippen LogP contribution in [-0.2, 0) is 4.79 Å². The molecule has 5 nitrogen and oxygen atoms in total. The topological polar surface area (TPSA) is 115 Å². The quantitative estimate of drug-likeness (QED) is 0.399. The molecule has 0 fully saturated rings. The Bertz CT molecular complexity index is 192. The Kier molecular flexibility index (Phi) is 6.13. The van der Waals surface area contributed by atoms with Crippen LogP contribution in [0.4, 0.5) is 0 Å². The SMILES string of the molecule is NCC=C(CCN)C(N)CC(=O)O. The Hall–Kier alpha value is -0.910. The summed E-state index contributed by atoms with van der Waals surface area (Å²) < 4.78 is 0. The van der Waals surface area contributed by atoms with Crippen LogP contribution in [0.2, 0.25) is 0 Å². The molecule has 0 heterocycles. The molecule has 1 atom stereocenters. The molecular formula is C8H17N3O2. The molecule has 0 aliphatic carbocycles. The van der Waals surface area contributed by atoms with Crippen LogP contribution in [-0.4, -0.2) is 30.2 Å². The summed E-state index contributed by atoms with van der Waals surface area (Å²) in [6.45, 7) is 0.821. The van der Waals surface area contributed by atoms with E-state index in [1.807, 2.05) is 0 Å². The van der Waals surface area contributed by atoms with Crippen molar-refractivity contribution >= 4 is 5.97 Å². The highest BCUT2D eigenvalue weighted by Gasteiger charge is 2.11. The minimum absolute atomic E-state index is 0.0775. The molecule has 0 aliphatic heterocycles. The van der Waals surface area contributed by atoms with Crippen molar-refractivity contribution in [3.63, 3.8) is 0 Å². The van der Waals surface area contributed by atoms with Crippen molar-refractivity contribution in [1.29, 1.82) is 0 Å². The van der Waals surface area contributed by atoms with Crippen molar-refractivity contribution in [2.45, 2.75) is 18.9 Å². The van der Waals surface area contributed by atoms with Gasteiger partial charge in [-0.2, -0.15) is 0 Å². The summed E-state index contributed by atoms with van der Waals surface area (Å²) in [7, 11) is 0. The van der Waals surface area contributed by atoms with Gasteiger partial charge in [0.15, 0.2) is 0 Å². The number of carbonyl (C=O) groups is 1.